The number of pyridine rings is 1. The van der Waals surface area contributed by atoms with E-state index in [1.54, 1.807) is 6.07 Å². The summed E-state index contributed by atoms with van der Waals surface area (Å²) < 4.78 is 0. The van der Waals surface area contributed by atoms with Crippen LogP contribution in [0.15, 0.2) is 22.1 Å². The number of hydrogen-bond acceptors (Lipinski definition) is 6. The van der Waals surface area contributed by atoms with Crippen LogP contribution in [0, 0.1) is 6.92 Å². The topological polar surface area (TPSA) is 76.7 Å². The minimum atomic E-state index is 0.264. The molecule has 5 nitrogen and oxygen atoms in total. The third kappa shape index (κ3) is 1.79. The molecule has 0 aromatic carbocycles. The molecule has 3 N–H and O–H groups in total. The SMILES string of the molecule is Cc1nc(N)nc2c1Sc1nc(Cl)ccc1N2. The van der Waals surface area contributed by atoms with Crippen LogP contribution < -0.4 is 11.1 Å². The molecular weight excluding hydrogens is 258 g/mol. The van der Waals surface area contributed by atoms with Crippen LogP contribution in [-0.2, 0) is 0 Å². The fourth-order valence-electron chi connectivity index (χ4n) is 1.61. The number of aryl methyl sites for hydroxylation is 1. The van der Waals surface area contributed by atoms with Crippen LogP contribution in [0.4, 0.5) is 17.5 Å². The molecule has 0 fully saturated rings. The largest absolute Gasteiger partial charge is 0.368 e. The minimum Gasteiger partial charge on any atom is -0.368 e. The maximum Gasteiger partial charge on any atom is 0.222 e. The van der Waals surface area contributed by atoms with Crippen molar-refractivity contribution in [3.63, 3.8) is 0 Å². The van der Waals surface area contributed by atoms with Crippen molar-refractivity contribution >= 4 is 40.8 Å². The maximum absolute atomic E-state index is 5.87. The zero-order valence-electron chi connectivity index (χ0n) is 8.86. The van der Waals surface area contributed by atoms with Crippen molar-refractivity contribution in [1.82, 2.24) is 15.0 Å². The normalized spacial score (nSPS) is 12.6. The van der Waals surface area contributed by atoms with Crippen molar-refractivity contribution in [2.75, 3.05) is 11.1 Å². The molecule has 3 heterocycles. The van der Waals surface area contributed by atoms with Gasteiger partial charge in [-0.2, -0.15) is 4.98 Å². The molecule has 0 unspecified atom stereocenters. The number of halogens is 1. The van der Waals surface area contributed by atoms with E-state index in [0.29, 0.717) is 5.15 Å². The molecule has 7 heteroatoms. The van der Waals surface area contributed by atoms with Crippen LogP contribution >= 0.6 is 23.4 Å². The van der Waals surface area contributed by atoms with Crippen LogP contribution in [0.25, 0.3) is 0 Å². The van der Waals surface area contributed by atoms with Crippen LogP contribution in [0.3, 0.4) is 0 Å². The Bertz CT molecular complexity index is 616. The highest BCUT2D eigenvalue weighted by atomic mass is 35.5. The van der Waals surface area contributed by atoms with Crippen molar-refractivity contribution in [1.29, 1.82) is 0 Å². The molecule has 0 aliphatic carbocycles. The van der Waals surface area contributed by atoms with Crippen molar-refractivity contribution in [3.8, 4) is 0 Å². The summed E-state index contributed by atoms with van der Waals surface area (Å²) in [4.78, 5) is 13.5. The lowest BCUT2D eigenvalue weighted by molar-refractivity contribution is 1.02. The highest BCUT2D eigenvalue weighted by Crippen LogP contribution is 2.43. The zero-order chi connectivity index (χ0) is 12.0. The molecule has 2 aromatic rings. The summed E-state index contributed by atoms with van der Waals surface area (Å²) in [6.45, 7) is 1.89. The Morgan fingerprint density at radius 1 is 1.29 bits per heavy atom. The van der Waals surface area contributed by atoms with E-state index in [9.17, 15) is 0 Å². The molecule has 0 bridgehead atoms. The second-order valence-corrected chi connectivity index (χ2v) is 4.95. The molecule has 0 atom stereocenters. The predicted octanol–water partition coefficient (Wildman–Crippen LogP) is 2.62. The summed E-state index contributed by atoms with van der Waals surface area (Å²) in [5, 5.41) is 4.47. The standard InChI is InChI=1S/C10H8ClN5S/c1-4-7-8(16-10(12)13-4)14-5-2-3-6(11)15-9(5)17-7/h2-3H,1H3,(H3,12,13,14,16). The number of nitrogens with one attached hydrogen (secondary N) is 1. The summed E-state index contributed by atoms with van der Waals surface area (Å²) in [5.74, 6) is 0.983. The minimum absolute atomic E-state index is 0.264. The Hall–Kier alpha value is -1.53. The Kier molecular flexibility index (Phi) is 2.34. The number of hydrogen-bond donors (Lipinski definition) is 2. The van der Waals surface area contributed by atoms with Crippen LogP contribution in [0.1, 0.15) is 5.69 Å². The average Bonchev–Trinajstić information content (AvgIpc) is 2.27. The van der Waals surface area contributed by atoms with Gasteiger partial charge in [-0.3, -0.25) is 0 Å². The Morgan fingerprint density at radius 2 is 2.12 bits per heavy atom. The maximum atomic E-state index is 5.87. The van der Waals surface area contributed by atoms with Crippen molar-refractivity contribution in [2.24, 2.45) is 0 Å². The van der Waals surface area contributed by atoms with Crippen LogP contribution in [0.2, 0.25) is 5.15 Å². The average molecular weight is 266 g/mol. The predicted molar refractivity (Wildman–Crippen MR) is 67.8 cm³/mol. The van der Waals surface area contributed by atoms with Gasteiger partial charge in [0.25, 0.3) is 0 Å². The lowest BCUT2D eigenvalue weighted by Crippen LogP contribution is -2.08. The van der Waals surface area contributed by atoms with E-state index in [0.717, 1.165) is 27.1 Å². The highest BCUT2D eigenvalue weighted by molar-refractivity contribution is 7.99. The highest BCUT2D eigenvalue weighted by Gasteiger charge is 2.21. The molecule has 1 aliphatic rings. The number of nitrogens with two attached hydrogens (primary N) is 1. The van der Waals surface area contributed by atoms with Gasteiger partial charge in [0.15, 0.2) is 5.82 Å². The van der Waals surface area contributed by atoms with E-state index in [1.807, 2.05) is 13.0 Å². The van der Waals surface area contributed by atoms with Gasteiger partial charge in [-0.05, 0) is 19.1 Å². The molecule has 0 saturated heterocycles. The molecule has 2 aromatic heterocycles. The zero-order valence-corrected chi connectivity index (χ0v) is 10.4. The molecule has 17 heavy (non-hydrogen) atoms. The van der Waals surface area contributed by atoms with Gasteiger partial charge in [0.2, 0.25) is 5.95 Å². The van der Waals surface area contributed by atoms with Gasteiger partial charge in [0, 0.05) is 0 Å². The molecule has 0 saturated carbocycles. The van der Waals surface area contributed by atoms with Crippen LogP contribution in [0.5, 0.6) is 0 Å². The Morgan fingerprint density at radius 3 is 2.94 bits per heavy atom. The first-order chi connectivity index (χ1) is 8.13. The molecule has 3 rings (SSSR count). The number of anilines is 3. The van der Waals surface area contributed by atoms with E-state index < -0.39 is 0 Å². The number of nitrogens with zero attached hydrogens (tertiary/aromatic N) is 3. The Labute approximate surface area is 107 Å². The second-order valence-electron chi connectivity index (χ2n) is 3.56. The second kappa shape index (κ2) is 3.75. The third-order valence-corrected chi connectivity index (χ3v) is 3.74. The van der Waals surface area contributed by atoms with Crippen LogP contribution in [-0.4, -0.2) is 15.0 Å². The third-order valence-electron chi connectivity index (χ3n) is 2.33. The fraction of sp³-hybridized carbons (Fsp3) is 0.100. The molecule has 0 spiro atoms. The number of fused-ring (bicyclic) bond motifs is 2. The van der Waals surface area contributed by atoms with Gasteiger partial charge in [-0.15, -0.1) is 0 Å². The summed E-state index contributed by atoms with van der Waals surface area (Å²) in [6.07, 6.45) is 0. The molecule has 0 radical (unpaired) electrons. The van der Waals surface area contributed by atoms with Crippen molar-refractivity contribution in [2.45, 2.75) is 16.8 Å². The summed E-state index contributed by atoms with van der Waals surface area (Å²) in [6, 6.07) is 3.60. The smallest absolute Gasteiger partial charge is 0.222 e. The summed E-state index contributed by atoms with van der Waals surface area (Å²) in [5.41, 5.74) is 7.33. The van der Waals surface area contributed by atoms with Crippen molar-refractivity contribution in [3.05, 3.63) is 23.0 Å². The van der Waals surface area contributed by atoms with Crippen molar-refractivity contribution < 1.29 is 0 Å². The lowest BCUT2D eigenvalue weighted by Gasteiger charge is -2.20. The van der Waals surface area contributed by atoms with E-state index in [-0.39, 0.29) is 5.95 Å². The first-order valence-corrected chi connectivity index (χ1v) is 6.08. The summed E-state index contributed by atoms with van der Waals surface area (Å²) in [7, 11) is 0. The van der Waals surface area contributed by atoms with E-state index in [4.69, 9.17) is 17.3 Å². The number of nitrogen functional groups attached to an aromatic ring is 1. The van der Waals surface area contributed by atoms with E-state index in [2.05, 4.69) is 20.3 Å². The number of aromatic nitrogens is 3. The first kappa shape index (κ1) is 10.6. The molecule has 1 aliphatic heterocycles. The van der Waals surface area contributed by atoms with E-state index >= 15 is 0 Å². The van der Waals surface area contributed by atoms with Gasteiger partial charge >= 0.3 is 0 Å². The lowest BCUT2D eigenvalue weighted by atomic mass is 10.3. The van der Waals surface area contributed by atoms with Gasteiger partial charge in [0.1, 0.15) is 10.2 Å². The quantitative estimate of drug-likeness (QED) is 0.609. The fourth-order valence-corrected chi connectivity index (χ4v) is 2.76. The van der Waals surface area contributed by atoms with E-state index in [1.165, 1.54) is 11.8 Å². The molecular formula is C10H8ClN5S. The van der Waals surface area contributed by atoms with Gasteiger partial charge < -0.3 is 11.1 Å². The Balaban J connectivity index is 2.14. The molecule has 0 amide bonds. The van der Waals surface area contributed by atoms with Gasteiger partial charge in [0.05, 0.1) is 16.3 Å². The number of rotatable bonds is 0. The van der Waals surface area contributed by atoms with Gasteiger partial charge in [-0.1, -0.05) is 23.4 Å². The van der Waals surface area contributed by atoms with Gasteiger partial charge in [-0.25, -0.2) is 9.97 Å². The molecule has 86 valence electrons. The first-order valence-electron chi connectivity index (χ1n) is 4.89. The summed E-state index contributed by atoms with van der Waals surface area (Å²) >= 11 is 7.36. The monoisotopic (exact) mass is 265 g/mol.